The molecule has 0 N–H and O–H groups in total. The Labute approximate surface area is 120 Å². The van der Waals surface area contributed by atoms with E-state index in [0.717, 1.165) is 0 Å². The van der Waals surface area contributed by atoms with Crippen molar-refractivity contribution in [3.8, 4) is 0 Å². The van der Waals surface area contributed by atoms with Gasteiger partial charge in [-0.05, 0) is 0 Å². The number of halogens is 2. The van der Waals surface area contributed by atoms with E-state index in [-0.39, 0.29) is 5.56 Å². The van der Waals surface area contributed by atoms with Gasteiger partial charge in [-0.15, -0.1) is 0 Å². The van der Waals surface area contributed by atoms with Crippen LogP contribution in [0.5, 0.6) is 0 Å². The van der Waals surface area contributed by atoms with Crippen LogP contribution < -0.4 is 0 Å². The standard InChI is InChI=1S/C16H13F2NO2/c1-20-16(13-10-6-3-7-11-13)15(17,18)14(19-21-16)12-8-4-2-5-9-12/h2-11H,1H3. The van der Waals surface area contributed by atoms with Crippen molar-refractivity contribution < 1.29 is 18.4 Å². The van der Waals surface area contributed by atoms with Crippen LogP contribution in [0, 0.1) is 0 Å². The normalized spacial score (nSPS) is 23.5. The number of hydrogen-bond acceptors (Lipinski definition) is 3. The third kappa shape index (κ3) is 1.93. The first-order valence-electron chi connectivity index (χ1n) is 6.42. The highest BCUT2D eigenvalue weighted by atomic mass is 19.3. The largest absolute Gasteiger partial charge is 0.364 e. The lowest BCUT2D eigenvalue weighted by Crippen LogP contribution is -2.49. The summed E-state index contributed by atoms with van der Waals surface area (Å²) in [6.45, 7) is 0. The molecule has 3 rings (SSSR count). The number of rotatable bonds is 3. The second kappa shape index (κ2) is 4.93. The molecule has 0 spiro atoms. The minimum absolute atomic E-state index is 0.215. The molecule has 5 heteroatoms. The van der Waals surface area contributed by atoms with Crippen molar-refractivity contribution in [3.63, 3.8) is 0 Å². The van der Waals surface area contributed by atoms with Gasteiger partial charge in [-0.25, -0.2) is 0 Å². The van der Waals surface area contributed by atoms with Crippen LogP contribution in [-0.2, 0) is 15.4 Å². The van der Waals surface area contributed by atoms with Gasteiger partial charge in [-0.2, -0.15) is 8.78 Å². The van der Waals surface area contributed by atoms with Gasteiger partial charge in [0, 0.05) is 18.2 Å². The van der Waals surface area contributed by atoms with E-state index in [1.54, 1.807) is 48.5 Å². The van der Waals surface area contributed by atoms with E-state index in [1.807, 2.05) is 0 Å². The lowest BCUT2D eigenvalue weighted by Gasteiger charge is -2.31. The highest BCUT2D eigenvalue weighted by Crippen LogP contribution is 2.48. The summed E-state index contributed by atoms with van der Waals surface area (Å²) in [6, 6.07) is 16.3. The van der Waals surface area contributed by atoms with Gasteiger partial charge in [-0.1, -0.05) is 65.8 Å². The molecule has 0 aliphatic carbocycles. The molecule has 2 aromatic rings. The molecule has 1 unspecified atom stereocenters. The summed E-state index contributed by atoms with van der Waals surface area (Å²) < 4.78 is 34.9. The summed E-state index contributed by atoms with van der Waals surface area (Å²) in [5.74, 6) is -5.65. The number of methoxy groups -OCH3 is 1. The molecule has 1 aliphatic rings. The Bertz CT molecular complexity index is 658. The minimum Gasteiger partial charge on any atom is -0.347 e. The molecule has 2 aromatic carbocycles. The van der Waals surface area contributed by atoms with Gasteiger partial charge < -0.3 is 9.57 Å². The first kappa shape index (κ1) is 13.7. The molecule has 0 aromatic heterocycles. The molecule has 1 heterocycles. The maximum absolute atomic E-state index is 14.9. The topological polar surface area (TPSA) is 30.8 Å². The monoisotopic (exact) mass is 289 g/mol. The molecular weight excluding hydrogens is 276 g/mol. The van der Waals surface area contributed by atoms with Crippen molar-refractivity contribution in [1.82, 2.24) is 0 Å². The van der Waals surface area contributed by atoms with Crippen LogP contribution in [0.3, 0.4) is 0 Å². The van der Waals surface area contributed by atoms with Crippen LogP contribution in [0.15, 0.2) is 65.8 Å². The van der Waals surface area contributed by atoms with Gasteiger partial charge in [0.05, 0.1) is 0 Å². The molecule has 21 heavy (non-hydrogen) atoms. The van der Waals surface area contributed by atoms with Crippen LogP contribution in [0.1, 0.15) is 11.1 Å². The second-order valence-electron chi connectivity index (χ2n) is 4.66. The average Bonchev–Trinajstić information content (AvgIpc) is 2.80. The van der Waals surface area contributed by atoms with E-state index in [1.165, 1.54) is 19.2 Å². The zero-order valence-electron chi connectivity index (χ0n) is 11.3. The zero-order chi connectivity index (χ0) is 14.9. The zero-order valence-corrected chi connectivity index (χ0v) is 11.3. The van der Waals surface area contributed by atoms with Crippen molar-refractivity contribution in [1.29, 1.82) is 0 Å². The van der Waals surface area contributed by atoms with Crippen LogP contribution >= 0.6 is 0 Å². The van der Waals surface area contributed by atoms with Crippen LogP contribution in [0.2, 0.25) is 0 Å². The summed E-state index contributed by atoms with van der Waals surface area (Å²) in [5.41, 5.74) is 0.0818. The van der Waals surface area contributed by atoms with Crippen molar-refractivity contribution in [2.75, 3.05) is 7.11 Å². The molecular formula is C16H13F2NO2. The summed E-state index contributed by atoms with van der Waals surface area (Å²) in [4.78, 5) is 5.07. The third-order valence-corrected chi connectivity index (χ3v) is 3.46. The van der Waals surface area contributed by atoms with Crippen molar-refractivity contribution >= 4 is 5.71 Å². The van der Waals surface area contributed by atoms with Crippen LogP contribution in [0.4, 0.5) is 8.78 Å². The summed E-state index contributed by atoms with van der Waals surface area (Å²) >= 11 is 0. The lowest BCUT2D eigenvalue weighted by atomic mass is 9.93. The number of ether oxygens (including phenoxy) is 1. The number of oxime groups is 1. The Morgan fingerprint density at radius 1 is 0.952 bits per heavy atom. The second-order valence-corrected chi connectivity index (χ2v) is 4.66. The van der Waals surface area contributed by atoms with Gasteiger partial charge in [0.25, 0.3) is 0 Å². The van der Waals surface area contributed by atoms with Crippen molar-refractivity contribution in [3.05, 3.63) is 71.8 Å². The number of alkyl halides is 2. The molecule has 1 atom stereocenters. The first-order chi connectivity index (χ1) is 10.1. The lowest BCUT2D eigenvalue weighted by molar-refractivity contribution is -0.298. The van der Waals surface area contributed by atoms with Gasteiger partial charge in [0.15, 0.2) is 5.71 Å². The van der Waals surface area contributed by atoms with Gasteiger partial charge in [0.2, 0.25) is 0 Å². The molecule has 0 bridgehead atoms. The fraction of sp³-hybridized carbons (Fsp3) is 0.188. The molecule has 0 amide bonds. The molecule has 0 radical (unpaired) electrons. The minimum atomic E-state index is -3.41. The first-order valence-corrected chi connectivity index (χ1v) is 6.42. The number of benzene rings is 2. The van der Waals surface area contributed by atoms with Crippen molar-refractivity contribution in [2.24, 2.45) is 5.16 Å². The van der Waals surface area contributed by atoms with Gasteiger partial charge >= 0.3 is 11.7 Å². The Hall–Kier alpha value is -2.27. The van der Waals surface area contributed by atoms with E-state index in [2.05, 4.69) is 5.16 Å². The fourth-order valence-electron chi connectivity index (χ4n) is 2.39. The van der Waals surface area contributed by atoms with E-state index in [4.69, 9.17) is 9.57 Å². The summed E-state index contributed by atoms with van der Waals surface area (Å²) in [6.07, 6.45) is 0. The van der Waals surface area contributed by atoms with Gasteiger partial charge in [0.1, 0.15) is 0 Å². The quantitative estimate of drug-likeness (QED) is 0.865. The van der Waals surface area contributed by atoms with Crippen molar-refractivity contribution in [2.45, 2.75) is 11.7 Å². The number of hydrogen-bond donors (Lipinski definition) is 0. The molecule has 0 saturated carbocycles. The Morgan fingerprint density at radius 2 is 1.52 bits per heavy atom. The van der Waals surface area contributed by atoms with E-state index in [9.17, 15) is 8.78 Å². The average molecular weight is 289 g/mol. The Balaban J connectivity index is 2.08. The predicted molar refractivity (Wildman–Crippen MR) is 74.1 cm³/mol. The molecule has 108 valence electrons. The molecule has 1 aliphatic heterocycles. The Kier molecular flexibility index (Phi) is 3.22. The van der Waals surface area contributed by atoms with Gasteiger partial charge in [-0.3, -0.25) is 0 Å². The molecule has 0 saturated heterocycles. The van der Waals surface area contributed by atoms with Crippen LogP contribution in [-0.4, -0.2) is 18.7 Å². The predicted octanol–water partition coefficient (Wildman–Crippen LogP) is 3.56. The fourth-order valence-corrected chi connectivity index (χ4v) is 2.39. The third-order valence-electron chi connectivity index (χ3n) is 3.46. The Morgan fingerprint density at radius 3 is 2.10 bits per heavy atom. The highest BCUT2D eigenvalue weighted by Gasteiger charge is 2.66. The summed E-state index contributed by atoms with van der Waals surface area (Å²) in [5, 5.41) is 3.60. The van der Waals surface area contributed by atoms with E-state index in [0.29, 0.717) is 5.56 Å². The highest BCUT2D eigenvalue weighted by molar-refractivity contribution is 6.06. The molecule has 3 nitrogen and oxygen atoms in total. The number of nitrogens with zero attached hydrogens (tertiary/aromatic N) is 1. The maximum Gasteiger partial charge on any atom is 0.364 e. The maximum atomic E-state index is 14.9. The van der Waals surface area contributed by atoms with E-state index >= 15 is 0 Å². The summed E-state index contributed by atoms with van der Waals surface area (Å²) in [7, 11) is 1.18. The van der Waals surface area contributed by atoms with Crippen LogP contribution in [0.25, 0.3) is 0 Å². The van der Waals surface area contributed by atoms with E-state index < -0.39 is 17.4 Å². The SMILES string of the molecule is COC1(c2ccccc2)ON=C(c2ccccc2)C1(F)F. The smallest absolute Gasteiger partial charge is 0.347 e. The molecule has 0 fully saturated rings.